The second-order valence-electron chi connectivity index (χ2n) is 6.79. The number of ether oxygens (including phenoxy) is 1. The number of benzene rings is 1. The molecule has 1 aromatic carbocycles. The minimum absolute atomic E-state index is 0.00524. The molecule has 14 heteroatoms. The summed E-state index contributed by atoms with van der Waals surface area (Å²) in [5.74, 6) is -1.69. The number of anilines is 1. The van der Waals surface area contributed by atoms with Gasteiger partial charge in [-0.05, 0) is 35.8 Å². The van der Waals surface area contributed by atoms with Crippen molar-refractivity contribution < 1.29 is 47.9 Å². The number of aromatic nitrogens is 1. The Bertz CT molecular complexity index is 1070. The van der Waals surface area contributed by atoms with E-state index in [-0.39, 0.29) is 31.0 Å². The standard InChI is InChI=1S/C17H18F3N3O5S.C3H4O2/c1-22-12(17(18,19)20)8-13(25)23(16(22)27)9-3-4-11-10(7-9)14(21-29-11)15(26)28-6-2-5-24;1-2-3(4)5/h3-4,7-8,13,16,24-25,27H,2,5-6H2,1H3;2H,1H2,(H,4,5). The van der Waals surface area contributed by atoms with E-state index in [1.54, 1.807) is 6.07 Å². The van der Waals surface area contributed by atoms with E-state index < -0.39 is 36.4 Å². The molecule has 186 valence electrons. The maximum atomic E-state index is 13.1. The fraction of sp³-hybridized carbons (Fsp3) is 0.350. The Morgan fingerprint density at radius 3 is 2.53 bits per heavy atom. The third kappa shape index (κ3) is 6.22. The van der Waals surface area contributed by atoms with Crippen LogP contribution in [0.15, 0.2) is 42.6 Å². The van der Waals surface area contributed by atoms with Gasteiger partial charge in [-0.25, -0.2) is 9.59 Å². The zero-order valence-corrected chi connectivity index (χ0v) is 18.6. The van der Waals surface area contributed by atoms with Crippen molar-refractivity contribution in [2.45, 2.75) is 25.2 Å². The Kier molecular flexibility index (Phi) is 8.98. The van der Waals surface area contributed by atoms with Crippen LogP contribution < -0.4 is 4.90 Å². The highest BCUT2D eigenvalue weighted by molar-refractivity contribution is 7.13. The van der Waals surface area contributed by atoms with Gasteiger partial charge in [0.25, 0.3) is 0 Å². The quantitative estimate of drug-likeness (QED) is 0.261. The van der Waals surface area contributed by atoms with Crippen molar-refractivity contribution in [3.05, 3.63) is 48.3 Å². The summed E-state index contributed by atoms with van der Waals surface area (Å²) in [4.78, 5) is 23.0. The van der Waals surface area contributed by atoms with Crippen molar-refractivity contribution >= 4 is 39.2 Å². The van der Waals surface area contributed by atoms with Gasteiger partial charge in [0.1, 0.15) is 5.70 Å². The number of halogens is 3. The number of hydrogen-bond acceptors (Lipinski definition) is 10. The average molecular weight is 505 g/mol. The van der Waals surface area contributed by atoms with Gasteiger partial charge in [-0.1, -0.05) is 6.58 Å². The molecule has 3 rings (SSSR count). The number of esters is 1. The molecule has 2 heterocycles. The number of aliphatic hydroxyl groups excluding tert-OH is 3. The molecular weight excluding hydrogens is 483 g/mol. The SMILES string of the molecule is C=CC(=O)O.CN1C(C(F)(F)F)=CC(O)N(c2ccc3snc(C(=O)OCCCO)c3c2)C1O. The number of fused-ring (bicyclic) bond motifs is 1. The predicted octanol–water partition coefficient (Wildman–Crippen LogP) is 1.88. The van der Waals surface area contributed by atoms with Crippen LogP contribution in [0.5, 0.6) is 0 Å². The van der Waals surface area contributed by atoms with Gasteiger partial charge in [-0.3, -0.25) is 4.90 Å². The summed E-state index contributed by atoms with van der Waals surface area (Å²) in [6.45, 7) is 2.83. The first-order valence-corrected chi connectivity index (χ1v) is 10.4. The van der Waals surface area contributed by atoms with Crippen LogP contribution >= 0.6 is 11.5 Å². The molecule has 0 saturated heterocycles. The van der Waals surface area contributed by atoms with Crippen molar-refractivity contribution in [3.8, 4) is 0 Å². The third-order valence-electron chi connectivity index (χ3n) is 4.51. The number of rotatable bonds is 6. The van der Waals surface area contributed by atoms with E-state index in [1.165, 1.54) is 12.1 Å². The van der Waals surface area contributed by atoms with Gasteiger partial charge in [0.05, 0.1) is 11.3 Å². The van der Waals surface area contributed by atoms with E-state index in [9.17, 15) is 33.0 Å². The molecule has 2 atom stereocenters. The highest BCUT2D eigenvalue weighted by atomic mass is 32.1. The average Bonchev–Trinajstić information content (AvgIpc) is 3.19. The topological polar surface area (TPSA) is 144 Å². The summed E-state index contributed by atoms with van der Waals surface area (Å²) in [6, 6.07) is 4.51. The van der Waals surface area contributed by atoms with Gasteiger partial charge in [-0.15, -0.1) is 0 Å². The lowest BCUT2D eigenvalue weighted by Crippen LogP contribution is -2.56. The summed E-state index contributed by atoms with van der Waals surface area (Å²) in [5, 5.41) is 37.3. The number of carbonyl (C=O) groups excluding carboxylic acids is 1. The highest BCUT2D eigenvalue weighted by Crippen LogP contribution is 2.36. The molecule has 1 aliphatic heterocycles. The Labute approximate surface area is 195 Å². The minimum atomic E-state index is -4.74. The first kappa shape index (κ1) is 27.0. The number of hydrogen-bond donors (Lipinski definition) is 4. The molecule has 0 amide bonds. The second-order valence-corrected chi connectivity index (χ2v) is 7.60. The molecule has 0 bridgehead atoms. The Balaban J connectivity index is 0.000000739. The van der Waals surface area contributed by atoms with Crippen LogP contribution in [-0.4, -0.2) is 80.7 Å². The van der Waals surface area contributed by atoms with Crippen LogP contribution in [0.4, 0.5) is 18.9 Å². The molecule has 2 unspecified atom stereocenters. The van der Waals surface area contributed by atoms with Crippen molar-refractivity contribution in [1.29, 1.82) is 0 Å². The van der Waals surface area contributed by atoms with Crippen molar-refractivity contribution in [3.63, 3.8) is 0 Å². The van der Waals surface area contributed by atoms with E-state index in [0.29, 0.717) is 21.1 Å². The maximum absolute atomic E-state index is 13.1. The Morgan fingerprint density at radius 2 is 1.97 bits per heavy atom. The van der Waals surface area contributed by atoms with Crippen molar-refractivity contribution in [2.75, 3.05) is 25.2 Å². The van der Waals surface area contributed by atoms with E-state index in [1.807, 2.05) is 0 Å². The number of aliphatic carboxylic acids is 1. The first-order chi connectivity index (χ1) is 15.9. The molecular formula is C20H22F3N3O7S. The van der Waals surface area contributed by atoms with Crippen LogP contribution in [0.3, 0.4) is 0 Å². The Morgan fingerprint density at radius 1 is 1.32 bits per heavy atom. The summed E-state index contributed by atoms with van der Waals surface area (Å²) < 4.78 is 48.9. The number of allylic oxidation sites excluding steroid dienone is 1. The highest BCUT2D eigenvalue weighted by Gasteiger charge is 2.44. The number of carboxylic acids is 1. The second kappa shape index (κ2) is 11.3. The fourth-order valence-corrected chi connectivity index (χ4v) is 3.64. The first-order valence-electron chi connectivity index (χ1n) is 9.61. The smallest absolute Gasteiger partial charge is 0.431 e. The number of carboxylic acid groups (broad SMARTS) is 1. The fourth-order valence-electron chi connectivity index (χ4n) is 2.90. The van der Waals surface area contributed by atoms with E-state index in [4.69, 9.17) is 14.9 Å². The lowest BCUT2D eigenvalue weighted by atomic mass is 10.1. The lowest BCUT2D eigenvalue weighted by Gasteiger charge is -2.43. The number of alkyl halides is 3. The minimum Gasteiger partial charge on any atom is -0.478 e. The third-order valence-corrected chi connectivity index (χ3v) is 5.34. The van der Waals surface area contributed by atoms with Gasteiger partial charge < -0.3 is 30.1 Å². The van der Waals surface area contributed by atoms with E-state index in [2.05, 4.69) is 11.0 Å². The van der Waals surface area contributed by atoms with Crippen LogP contribution in [0.25, 0.3) is 10.1 Å². The molecule has 4 N–H and O–H groups in total. The zero-order chi connectivity index (χ0) is 25.6. The van der Waals surface area contributed by atoms with Crippen molar-refractivity contribution in [2.24, 2.45) is 0 Å². The molecule has 1 aliphatic rings. The molecule has 0 aliphatic carbocycles. The molecule has 34 heavy (non-hydrogen) atoms. The predicted molar refractivity (Wildman–Crippen MR) is 116 cm³/mol. The normalized spacial score (nSPS) is 18.1. The van der Waals surface area contributed by atoms with E-state index >= 15 is 0 Å². The van der Waals surface area contributed by atoms with Crippen LogP contribution in [-0.2, 0) is 9.53 Å². The van der Waals surface area contributed by atoms with Gasteiger partial charge in [-0.2, -0.15) is 17.5 Å². The molecule has 0 radical (unpaired) electrons. The summed E-state index contributed by atoms with van der Waals surface area (Å²) in [5.41, 5.74) is -0.975. The van der Waals surface area contributed by atoms with Gasteiger partial charge >= 0.3 is 18.1 Å². The monoisotopic (exact) mass is 505 g/mol. The van der Waals surface area contributed by atoms with Crippen molar-refractivity contribution in [1.82, 2.24) is 9.27 Å². The number of aliphatic hydroxyl groups is 3. The largest absolute Gasteiger partial charge is 0.478 e. The Hall–Kier alpha value is -3.20. The lowest BCUT2D eigenvalue weighted by molar-refractivity contribution is -0.133. The number of carbonyl (C=O) groups is 2. The van der Waals surface area contributed by atoms with Crippen LogP contribution in [0, 0.1) is 0 Å². The summed E-state index contributed by atoms with van der Waals surface area (Å²) in [7, 11) is 1.05. The zero-order valence-electron chi connectivity index (χ0n) is 17.8. The molecule has 0 fully saturated rings. The summed E-state index contributed by atoms with van der Waals surface area (Å²) in [6.07, 6.45) is -6.59. The number of nitrogens with zero attached hydrogens (tertiary/aromatic N) is 3. The molecule has 10 nitrogen and oxygen atoms in total. The summed E-state index contributed by atoms with van der Waals surface area (Å²) >= 11 is 1.03. The van der Waals surface area contributed by atoms with Crippen LogP contribution in [0.2, 0.25) is 0 Å². The molecule has 0 spiro atoms. The molecule has 2 aromatic rings. The maximum Gasteiger partial charge on any atom is 0.431 e. The molecule has 0 saturated carbocycles. The van der Waals surface area contributed by atoms with Gasteiger partial charge in [0.2, 0.25) is 6.35 Å². The molecule has 1 aromatic heterocycles. The van der Waals surface area contributed by atoms with Gasteiger partial charge in [0.15, 0.2) is 11.9 Å². The van der Waals surface area contributed by atoms with Gasteiger partial charge in [0, 0.05) is 37.2 Å². The van der Waals surface area contributed by atoms with Crippen LogP contribution in [0.1, 0.15) is 16.9 Å². The van der Waals surface area contributed by atoms with E-state index in [0.717, 1.165) is 29.6 Å².